The minimum atomic E-state index is -0.840. The summed E-state index contributed by atoms with van der Waals surface area (Å²) in [5, 5.41) is 15.5. The average molecular weight is 500 g/mol. The number of nitrogens with zero attached hydrogens (tertiary/aromatic N) is 3. The molecule has 10 nitrogen and oxygen atoms in total. The highest BCUT2D eigenvalue weighted by Crippen LogP contribution is 2.30. The van der Waals surface area contributed by atoms with E-state index in [0.717, 1.165) is 42.5 Å². The van der Waals surface area contributed by atoms with E-state index in [0.29, 0.717) is 17.4 Å². The second-order valence-corrected chi connectivity index (χ2v) is 9.31. The van der Waals surface area contributed by atoms with Crippen LogP contribution in [0.3, 0.4) is 0 Å². The molecule has 2 amide bonds. The zero-order valence-corrected chi connectivity index (χ0v) is 20.1. The summed E-state index contributed by atoms with van der Waals surface area (Å²) in [6.45, 7) is 3.77. The number of thioether (sulfide) groups is 1. The Morgan fingerprint density at radius 1 is 1.52 bits per heavy atom. The van der Waals surface area contributed by atoms with E-state index < -0.39 is 17.7 Å². The van der Waals surface area contributed by atoms with Crippen molar-refractivity contribution in [2.24, 2.45) is 22.6 Å². The molecule has 1 aliphatic rings. The fourth-order valence-electron chi connectivity index (χ4n) is 3.44. The molecule has 1 atom stereocenters. The van der Waals surface area contributed by atoms with Crippen molar-refractivity contribution >= 4 is 40.6 Å². The van der Waals surface area contributed by atoms with Gasteiger partial charge in [0.25, 0.3) is 0 Å². The largest absolute Gasteiger partial charge is 0.378 e. The number of hydrazine groups is 1. The number of amides is 2. The first-order chi connectivity index (χ1) is 15.8. The monoisotopic (exact) mass is 499 g/mol. The maximum absolute atomic E-state index is 15.1. The molecule has 182 valence electrons. The number of carbonyl (C=O) groups excluding carboxylic acids is 2. The van der Waals surface area contributed by atoms with Crippen LogP contribution >= 0.6 is 23.1 Å². The minimum absolute atomic E-state index is 0.0652. The Kier molecular flexibility index (Phi) is 11.1. The topological polar surface area (TPSA) is 145 Å². The van der Waals surface area contributed by atoms with Gasteiger partial charge in [-0.2, -0.15) is 0 Å². The molecule has 1 aliphatic carbocycles. The van der Waals surface area contributed by atoms with E-state index in [1.807, 2.05) is 0 Å². The molecule has 13 heteroatoms. The lowest BCUT2D eigenvalue weighted by molar-refractivity contribution is -0.155. The third kappa shape index (κ3) is 9.02. The van der Waals surface area contributed by atoms with Crippen LogP contribution in [0.5, 0.6) is 0 Å². The summed E-state index contributed by atoms with van der Waals surface area (Å²) in [7, 11) is 0. The second-order valence-electron chi connectivity index (χ2n) is 7.50. The van der Waals surface area contributed by atoms with Crippen LogP contribution < -0.4 is 21.9 Å². The predicted molar refractivity (Wildman–Crippen MR) is 127 cm³/mol. The molecule has 0 spiro atoms. The summed E-state index contributed by atoms with van der Waals surface area (Å²) in [6.07, 6.45) is 8.21. The highest BCUT2D eigenvalue weighted by atomic mass is 32.2. The van der Waals surface area contributed by atoms with Crippen LogP contribution in [0.2, 0.25) is 0 Å². The van der Waals surface area contributed by atoms with Gasteiger partial charge >= 0.3 is 0 Å². The highest BCUT2D eigenvalue weighted by molar-refractivity contribution is 8.13. The fourth-order valence-corrected chi connectivity index (χ4v) is 4.17. The maximum Gasteiger partial charge on any atom is 0.243 e. The number of thiazole rings is 1. The lowest BCUT2D eigenvalue weighted by Crippen LogP contribution is -2.44. The number of halogens is 1. The van der Waals surface area contributed by atoms with E-state index in [1.54, 1.807) is 17.8 Å². The van der Waals surface area contributed by atoms with Crippen LogP contribution in [0.1, 0.15) is 37.1 Å². The number of allylic oxidation sites excluding steroid dienone is 1. The Balaban J connectivity index is 2.09. The molecule has 1 aromatic heterocycles. The summed E-state index contributed by atoms with van der Waals surface area (Å²) < 4.78 is 15.1. The number of carbonyl (C=O) groups is 2. The molecule has 2 rings (SSSR count). The van der Waals surface area contributed by atoms with Crippen molar-refractivity contribution in [3.05, 3.63) is 40.5 Å². The number of aliphatic imine (C=N–C) groups is 1. The minimum Gasteiger partial charge on any atom is -0.378 e. The van der Waals surface area contributed by atoms with E-state index in [1.165, 1.54) is 11.3 Å². The zero-order chi connectivity index (χ0) is 24.2. The normalized spacial score (nSPS) is 16.0. The molecule has 1 aromatic rings. The third-order valence-electron chi connectivity index (χ3n) is 5.14. The molecular formula is C20H30FN7O3S2. The van der Waals surface area contributed by atoms with E-state index in [4.69, 9.17) is 5.73 Å². The van der Waals surface area contributed by atoms with Crippen molar-refractivity contribution in [2.75, 3.05) is 12.8 Å². The van der Waals surface area contributed by atoms with Gasteiger partial charge in [0.2, 0.25) is 12.3 Å². The molecule has 0 bridgehead atoms. The van der Waals surface area contributed by atoms with Crippen molar-refractivity contribution in [2.45, 2.75) is 38.6 Å². The Hall–Kier alpha value is -2.64. The van der Waals surface area contributed by atoms with Crippen molar-refractivity contribution < 1.29 is 19.2 Å². The van der Waals surface area contributed by atoms with Gasteiger partial charge in [-0.15, -0.1) is 11.3 Å². The van der Waals surface area contributed by atoms with Crippen molar-refractivity contribution in [3.63, 3.8) is 0 Å². The maximum atomic E-state index is 15.1. The number of hydroxylamine groups is 2. The number of rotatable bonds is 13. The number of nitrogens with two attached hydrogens (primary N) is 1. The van der Waals surface area contributed by atoms with Crippen molar-refractivity contribution in [1.29, 1.82) is 0 Å². The number of amidine groups is 1. The lowest BCUT2D eigenvalue weighted by Gasteiger charge is -2.23. The first-order valence-electron chi connectivity index (χ1n) is 10.4. The molecular weight excluding hydrogens is 469 g/mol. The van der Waals surface area contributed by atoms with Gasteiger partial charge in [-0.3, -0.25) is 25.6 Å². The summed E-state index contributed by atoms with van der Waals surface area (Å²) in [5.74, 6) is -2.04. The molecule has 0 unspecified atom stereocenters. The smallest absolute Gasteiger partial charge is 0.243 e. The molecule has 0 radical (unpaired) electrons. The Morgan fingerprint density at radius 2 is 2.24 bits per heavy atom. The summed E-state index contributed by atoms with van der Waals surface area (Å²) in [5.41, 5.74) is 10.6. The molecule has 1 fully saturated rings. The van der Waals surface area contributed by atoms with Crippen molar-refractivity contribution in [1.82, 2.24) is 26.2 Å². The van der Waals surface area contributed by atoms with E-state index in [9.17, 15) is 14.8 Å². The van der Waals surface area contributed by atoms with Gasteiger partial charge in [0.05, 0.1) is 24.7 Å². The van der Waals surface area contributed by atoms with Gasteiger partial charge in [-0.05, 0) is 18.6 Å². The Bertz CT molecular complexity index is 858. The van der Waals surface area contributed by atoms with Gasteiger partial charge < -0.3 is 11.1 Å². The van der Waals surface area contributed by atoms with Crippen LogP contribution in [0, 0.1) is 11.8 Å². The molecule has 33 heavy (non-hydrogen) atoms. The highest BCUT2D eigenvalue weighted by Gasteiger charge is 2.27. The fraction of sp³-hybridized carbons (Fsp3) is 0.500. The van der Waals surface area contributed by atoms with Crippen LogP contribution in [-0.4, -0.2) is 45.5 Å². The molecule has 0 aromatic carbocycles. The molecule has 1 heterocycles. The van der Waals surface area contributed by atoms with Gasteiger partial charge in [-0.1, -0.05) is 44.0 Å². The first-order valence-corrected chi connectivity index (χ1v) is 12.5. The molecule has 0 saturated heterocycles. The number of hydrogen-bond donors (Lipinski definition) is 5. The summed E-state index contributed by atoms with van der Waals surface area (Å²) >= 11 is 2.51. The summed E-state index contributed by atoms with van der Waals surface area (Å²) in [6, 6.07) is 0. The number of aromatic nitrogens is 1. The van der Waals surface area contributed by atoms with Crippen LogP contribution in [-0.2, 0) is 16.1 Å². The third-order valence-corrected chi connectivity index (χ3v) is 6.43. The first kappa shape index (κ1) is 26.6. The van der Waals surface area contributed by atoms with E-state index in [-0.39, 0.29) is 36.2 Å². The number of nitrogens with one attached hydrogen (secondary N) is 3. The van der Waals surface area contributed by atoms with Gasteiger partial charge in [0.15, 0.2) is 16.8 Å². The van der Waals surface area contributed by atoms with Gasteiger partial charge in [-0.25, -0.2) is 19.4 Å². The van der Waals surface area contributed by atoms with Crippen LogP contribution in [0.15, 0.2) is 40.5 Å². The van der Waals surface area contributed by atoms with Crippen molar-refractivity contribution in [3.8, 4) is 0 Å². The standard InChI is InChI=1S/C20H30FN7O3S2/c1-13(24-10-16-23-7-8-33-16)17(21)18(25-20(22)32-2)26-27-19(30)15(11-28(31)12-29)9-14-5-3-4-6-14/h7-8,12,14-15,24,26,31H,1,3-6,9-11H2,2H3,(H2,22,25)(H,27,30)/b18-17-/t15-/m1/s1. The Labute approximate surface area is 200 Å². The summed E-state index contributed by atoms with van der Waals surface area (Å²) in [4.78, 5) is 31.8. The molecule has 1 saturated carbocycles. The van der Waals surface area contributed by atoms with E-state index in [2.05, 4.69) is 32.7 Å². The van der Waals surface area contributed by atoms with Gasteiger partial charge in [0, 0.05) is 11.6 Å². The van der Waals surface area contributed by atoms with Crippen LogP contribution in [0.25, 0.3) is 0 Å². The van der Waals surface area contributed by atoms with Gasteiger partial charge in [0.1, 0.15) is 5.01 Å². The number of hydrogen-bond acceptors (Lipinski definition) is 9. The van der Waals surface area contributed by atoms with E-state index >= 15 is 4.39 Å². The van der Waals surface area contributed by atoms with Crippen LogP contribution in [0.4, 0.5) is 4.39 Å². The molecule has 0 aliphatic heterocycles. The average Bonchev–Trinajstić information content (AvgIpc) is 3.53. The lowest BCUT2D eigenvalue weighted by atomic mass is 9.92. The Morgan fingerprint density at radius 3 is 2.85 bits per heavy atom. The molecule has 6 N–H and O–H groups in total. The predicted octanol–water partition coefficient (Wildman–Crippen LogP) is 2.23. The quantitative estimate of drug-likeness (QED) is 0.0694. The SMILES string of the molecule is C=C(NCc1nccs1)/C(F)=C(\N=C(/N)SC)NNC(=O)[C@H](CC1CCCC1)CN(O)C=O. The zero-order valence-electron chi connectivity index (χ0n) is 18.4. The second kappa shape index (κ2) is 13.8.